The smallest absolute Gasteiger partial charge is 0.231 e. The van der Waals surface area contributed by atoms with Crippen LogP contribution < -0.4 is 24.3 Å². The van der Waals surface area contributed by atoms with E-state index in [9.17, 15) is 34.8 Å². The number of carbonyl (C=O) groups excluding carboxylic acids is 3. The van der Waals surface area contributed by atoms with Gasteiger partial charge in [-0.3, -0.25) is 14.4 Å². The SMILES string of the molecule is COc1cc(C(CC(=O)NCCc2ccc(O)c(O)c2)C2=C(O)C3(Oc4c(Cl)c(OC)cc(OC)c4C3=O)C(C)CC2=O)ccc1O. The van der Waals surface area contributed by atoms with Crippen LogP contribution in [0.5, 0.6) is 40.2 Å². The minimum absolute atomic E-state index is 0.0203. The first-order valence-electron chi connectivity index (χ1n) is 14.7. The molecule has 0 fully saturated rings. The van der Waals surface area contributed by atoms with Gasteiger partial charge in [-0.1, -0.05) is 30.7 Å². The lowest BCUT2D eigenvalue weighted by Gasteiger charge is -2.38. The molecule has 2 aliphatic rings. The Morgan fingerprint density at radius 3 is 2.30 bits per heavy atom. The molecule has 1 aliphatic heterocycles. The largest absolute Gasteiger partial charge is 0.507 e. The molecule has 1 heterocycles. The fraction of sp³-hybridized carbons (Fsp3) is 0.324. The van der Waals surface area contributed by atoms with E-state index in [2.05, 4.69) is 5.32 Å². The number of carbonyl (C=O) groups is 3. The minimum atomic E-state index is -2.06. The molecule has 1 amide bonds. The number of fused-ring (bicyclic) bond motifs is 1. The van der Waals surface area contributed by atoms with Crippen molar-refractivity contribution in [2.45, 2.75) is 37.7 Å². The van der Waals surface area contributed by atoms with Gasteiger partial charge in [-0.2, -0.15) is 0 Å². The standard InChI is InChI=1S/C34H34ClNO11/c1-16-11-23(40)28(32(42)34(16)33(43)29-25(45-3)15-26(46-4)30(35)31(29)47-34)19(18-6-8-21(38)24(13-18)44-2)14-27(41)36-10-9-17-5-7-20(37)22(39)12-17/h5-8,12-13,15-16,19,37-39,42H,9-11,14H2,1-4H3,(H,36,41). The zero-order valence-corrected chi connectivity index (χ0v) is 26.8. The molecule has 47 heavy (non-hydrogen) atoms. The lowest BCUT2D eigenvalue weighted by molar-refractivity contribution is -0.121. The molecule has 0 aromatic heterocycles. The number of methoxy groups -OCH3 is 3. The number of aromatic hydroxyl groups is 3. The highest BCUT2D eigenvalue weighted by atomic mass is 35.5. The van der Waals surface area contributed by atoms with Gasteiger partial charge in [0.15, 0.2) is 40.3 Å². The number of aliphatic hydroxyl groups excluding tert-OH is 1. The average molecular weight is 668 g/mol. The molecule has 248 valence electrons. The van der Waals surface area contributed by atoms with Crippen LogP contribution >= 0.6 is 11.6 Å². The van der Waals surface area contributed by atoms with Crippen molar-refractivity contribution >= 4 is 29.1 Å². The topological polar surface area (TPSA) is 181 Å². The summed E-state index contributed by atoms with van der Waals surface area (Å²) in [6.07, 6.45) is -0.241. The lowest BCUT2D eigenvalue weighted by atomic mass is 9.69. The number of ether oxygens (including phenoxy) is 4. The zero-order chi connectivity index (χ0) is 34.2. The Balaban J connectivity index is 1.56. The third kappa shape index (κ3) is 5.73. The van der Waals surface area contributed by atoms with E-state index in [1.807, 2.05) is 0 Å². The summed E-state index contributed by atoms with van der Waals surface area (Å²) in [4.78, 5) is 41.4. The van der Waals surface area contributed by atoms with E-state index in [1.54, 1.807) is 13.0 Å². The van der Waals surface area contributed by atoms with Crippen LogP contribution in [0.4, 0.5) is 0 Å². The van der Waals surface area contributed by atoms with Gasteiger partial charge in [-0.15, -0.1) is 0 Å². The Morgan fingerprint density at radius 2 is 1.64 bits per heavy atom. The number of ketones is 2. The van der Waals surface area contributed by atoms with E-state index in [1.165, 1.54) is 57.7 Å². The normalized spacial score (nSPS) is 19.3. The molecule has 5 rings (SSSR count). The van der Waals surface area contributed by atoms with Crippen LogP contribution in [0.25, 0.3) is 0 Å². The quantitative estimate of drug-likeness (QED) is 0.188. The summed E-state index contributed by atoms with van der Waals surface area (Å²) < 4.78 is 22.3. The van der Waals surface area contributed by atoms with Crippen molar-refractivity contribution in [1.29, 1.82) is 0 Å². The number of Topliss-reactive ketones (excluding diaryl/α,β-unsaturated/α-hetero) is 2. The number of aliphatic hydroxyl groups is 1. The Bertz CT molecular complexity index is 1800. The molecule has 3 aromatic carbocycles. The highest BCUT2D eigenvalue weighted by Crippen LogP contribution is 2.56. The fourth-order valence-electron chi connectivity index (χ4n) is 6.16. The van der Waals surface area contributed by atoms with E-state index < -0.39 is 40.7 Å². The molecule has 13 heteroatoms. The van der Waals surface area contributed by atoms with Crippen molar-refractivity contribution < 1.29 is 53.8 Å². The lowest BCUT2D eigenvalue weighted by Crippen LogP contribution is -2.53. The summed E-state index contributed by atoms with van der Waals surface area (Å²) in [7, 11) is 4.08. The number of halogens is 1. The van der Waals surface area contributed by atoms with E-state index in [4.69, 9.17) is 30.5 Å². The second-order valence-corrected chi connectivity index (χ2v) is 11.7. The summed E-state index contributed by atoms with van der Waals surface area (Å²) in [5, 5.41) is 44.4. The second kappa shape index (κ2) is 13.0. The molecule has 3 unspecified atom stereocenters. The Kier molecular flexibility index (Phi) is 9.17. The third-order valence-electron chi connectivity index (χ3n) is 8.63. The van der Waals surface area contributed by atoms with Crippen molar-refractivity contribution in [3.8, 4) is 40.2 Å². The summed E-state index contributed by atoms with van der Waals surface area (Å²) in [6.45, 7) is 1.74. The molecule has 0 radical (unpaired) electrons. The number of allylic oxidation sites excluding steroid dienone is 1. The number of phenolic OH excluding ortho intramolecular Hbond substituents is 3. The van der Waals surface area contributed by atoms with Crippen molar-refractivity contribution in [3.05, 3.63) is 75.5 Å². The molecule has 3 atom stereocenters. The maximum absolute atomic E-state index is 14.2. The number of hydrogen-bond acceptors (Lipinski definition) is 11. The maximum atomic E-state index is 14.2. The first-order valence-corrected chi connectivity index (χ1v) is 15.0. The van der Waals surface area contributed by atoms with Gasteiger partial charge in [-0.25, -0.2) is 0 Å². The van der Waals surface area contributed by atoms with Gasteiger partial charge >= 0.3 is 0 Å². The second-order valence-electron chi connectivity index (χ2n) is 11.4. The first-order chi connectivity index (χ1) is 22.4. The summed E-state index contributed by atoms with van der Waals surface area (Å²) in [5.74, 6) is -4.78. The monoisotopic (exact) mass is 667 g/mol. The Labute approximate surface area is 275 Å². The van der Waals surface area contributed by atoms with Crippen LogP contribution in [0.15, 0.2) is 53.8 Å². The van der Waals surface area contributed by atoms with E-state index in [0.717, 1.165) is 0 Å². The molecule has 0 bridgehead atoms. The summed E-state index contributed by atoms with van der Waals surface area (Å²) in [6, 6.07) is 10.0. The molecule has 0 saturated carbocycles. The van der Waals surface area contributed by atoms with Gasteiger partial charge in [0.05, 0.1) is 21.3 Å². The molecular formula is C34H34ClNO11. The third-order valence-corrected chi connectivity index (χ3v) is 8.99. The van der Waals surface area contributed by atoms with Crippen molar-refractivity contribution in [2.75, 3.05) is 27.9 Å². The van der Waals surface area contributed by atoms with Crippen molar-refractivity contribution in [2.24, 2.45) is 5.92 Å². The first kappa shape index (κ1) is 33.3. The molecular weight excluding hydrogens is 634 g/mol. The Hall–Kier alpha value is -5.10. The number of amides is 1. The number of rotatable bonds is 10. The molecule has 0 saturated heterocycles. The van der Waals surface area contributed by atoms with Crippen LogP contribution in [0.2, 0.25) is 5.02 Å². The molecule has 1 spiro atoms. The number of phenols is 3. The molecule has 1 aliphatic carbocycles. The van der Waals surface area contributed by atoms with E-state index >= 15 is 0 Å². The highest BCUT2D eigenvalue weighted by molar-refractivity contribution is 6.35. The van der Waals surface area contributed by atoms with E-state index in [-0.39, 0.29) is 75.8 Å². The van der Waals surface area contributed by atoms with Crippen LogP contribution in [-0.2, 0) is 16.0 Å². The molecule has 5 N–H and O–H groups in total. The van der Waals surface area contributed by atoms with Crippen molar-refractivity contribution in [1.82, 2.24) is 5.32 Å². The van der Waals surface area contributed by atoms with Gasteiger partial charge in [0.1, 0.15) is 22.1 Å². The van der Waals surface area contributed by atoms with Gasteiger partial charge in [0.2, 0.25) is 17.3 Å². The predicted molar refractivity (Wildman–Crippen MR) is 169 cm³/mol. The predicted octanol–water partition coefficient (Wildman–Crippen LogP) is 4.75. The molecule has 3 aromatic rings. The zero-order valence-electron chi connectivity index (χ0n) is 26.0. The average Bonchev–Trinajstić information content (AvgIpc) is 3.36. The summed E-state index contributed by atoms with van der Waals surface area (Å²) in [5.41, 5.74) is -1.30. The maximum Gasteiger partial charge on any atom is 0.231 e. The van der Waals surface area contributed by atoms with Gasteiger partial charge in [-0.05, 0) is 41.8 Å². The number of benzene rings is 3. The van der Waals surface area contributed by atoms with Crippen LogP contribution in [0.1, 0.15) is 47.2 Å². The van der Waals surface area contributed by atoms with Gasteiger partial charge in [0.25, 0.3) is 0 Å². The fourth-order valence-corrected chi connectivity index (χ4v) is 6.43. The highest BCUT2D eigenvalue weighted by Gasteiger charge is 2.61. The Morgan fingerprint density at radius 1 is 0.957 bits per heavy atom. The van der Waals surface area contributed by atoms with Crippen LogP contribution in [-0.4, -0.2) is 71.4 Å². The van der Waals surface area contributed by atoms with E-state index in [0.29, 0.717) is 17.5 Å². The summed E-state index contributed by atoms with van der Waals surface area (Å²) >= 11 is 6.56. The number of nitrogens with one attached hydrogen (secondary N) is 1. The van der Waals surface area contributed by atoms with Gasteiger partial charge < -0.3 is 44.7 Å². The van der Waals surface area contributed by atoms with Gasteiger partial charge in [0, 0.05) is 42.9 Å². The van der Waals surface area contributed by atoms with Crippen LogP contribution in [0.3, 0.4) is 0 Å². The van der Waals surface area contributed by atoms with Crippen LogP contribution in [0, 0.1) is 5.92 Å². The molecule has 12 nitrogen and oxygen atoms in total. The number of hydrogen-bond donors (Lipinski definition) is 5. The minimum Gasteiger partial charge on any atom is -0.507 e. The van der Waals surface area contributed by atoms with Crippen molar-refractivity contribution in [3.63, 3.8) is 0 Å².